The van der Waals surface area contributed by atoms with Crippen LogP contribution in [0, 0.1) is 0 Å². The van der Waals surface area contributed by atoms with Gasteiger partial charge in [0.05, 0.1) is 11.5 Å². The van der Waals surface area contributed by atoms with Crippen LogP contribution in [0.2, 0.25) is 0 Å². The number of hydrogen-bond acceptors (Lipinski definition) is 6. The molecule has 0 aliphatic heterocycles. The van der Waals surface area contributed by atoms with Crippen molar-refractivity contribution in [1.82, 2.24) is 9.97 Å². The average Bonchev–Trinajstić information content (AvgIpc) is 3.06. The minimum absolute atomic E-state index is 0.235. The second-order valence-electron chi connectivity index (χ2n) is 4.70. The molecule has 100 valence electrons. The van der Waals surface area contributed by atoms with Gasteiger partial charge in [0.2, 0.25) is 0 Å². The molecule has 1 fully saturated rings. The number of carbonyl (C=O) groups excluding carboxylic acids is 1. The predicted octanol–water partition coefficient (Wildman–Crippen LogP) is 2.48. The van der Waals surface area contributed by atoms with E-state index in [1.54, 1.807) is 7.11 Å². The van der Waals surface area contributed by atoms with Crippen LogP contribution in [0.5, 0.6) is 0 Å². The van der Waals surface area contributed by atoms with E-state index < -0.39 is 0 Å². The van der Waals surface area contributed by atoms with Crippen LogP contribution in [-0.4, -0.2) is 35.5 Å². The van der Waals surface area contributed by atoms with Crippen LogP contribution in [0.15, 0.2) is 11.4 Å². The molecule has 2 aromatic rings. The Morgan fingerprint density at radius 1 is 1.47 bits per heavy atom. The molecule has 2 atom stereocenters. The maximum Gasteiger partial charge on any atom is 0.196 e. The van der Waals surface area contributed by atoms with Crippen LogP contribution in [0.25, 0.3) is 10.2 Å². The molecule has 0 bridgehead atoms. The third-order valence-electron chi connectivity index (χ3n) is 3.51. The fraction of sp³-hybridized carbons (Fsp3) is 0.462. The zero-order valence-electron chi connectivity index (χ0n) is 10.6. The van der Waals surface area contributed by atoms with Crippen molar-refractivity contribution < 1.29 is 9.53 Å². The second-order valence-corrected chi connectivity index (χ2v) is 5.59. The number of fused-ring (bicyclic) bond motifs is 1. The smallest absolute Gasteiger partial charge is 0.196 e. The van der Waals surface area contributed by atoms with Crippen molar-refractivity contribution in [3.63, 3.8) is 0 Å². The number of rotatable bonds is 4. The molecule has 1 N–H and O–H groups in total. The third-order valence-corrected chi connectivity index (χ3v) is 4.31. The van der Waals surface area contributed by atoms with Gasteiger partial charge in [-0.1, -0.05) is 0 Å². The summed E-state index contributed by atoms with van der Waals surface area (Å²) in [5, 5.41) is 6.37. The molecular formula is C13H15N3O2S. The van der Waals surface area contributed by atoms with E-state index in [2.05, 4.69) is 15.3 Å². The van der Waals surface area contributed by atoms with Crippen LogP contribution in [-0.2, 0) is 4.74 Å². The molecule has 19 heavy (non-hydrogen) atoms. The Balaban J connectivity index is 1.87. The fourth-order valence-electron chi connectivity index (χ4n) is 2.51. The monoisotopic (exact) mass is 277 g/mol. The van der Waals surface area contributed by atoms with Gasteiger partial charge in [0, 0.05) is 13.2 Å². The van der Waals surface area contributed by atoms with Crippen molar-refractivity contribution >= 4 is 33.7 Å². The molecule has 0 aromatic carbocycles. The summed E-state index contributed by atoms with van der Waals surface area (Å²) in [5.41, 5.74) is 0. The van der Waals surface area contributed by atoms with Crippen molar-refractivity contribution in [2.75, 3.05) is 12.4 Å². The van der Waals surface area contributed by atoms with Gasteiger partial charge in [-0.3, -0.25) is 4.79 Å². The molecule has 6 heteroatoms. The minimum Gasteiger partial charge on any atom is -0.381 e. The molecule has 0 saturated heterocycles. The number of aromatic nitrogens is 2. The number of thiophene rings is 1. The highest BCUT2D eigenvalue weighted by Gasteiger charge is 2.25. The van der Waals surface area contributed by atoms with Crippen LogP contribution >= 0.6 is 11.3 Å². The Kier molecular flexibility index (Phi) is 3.44. The maximum absolute atomic E-state index is 10.9. The SMILES string of the molecule is COC1CCC(Nc2nc(C=O)nc3sccc23)C1. The van der Waals surface area contributed by atoms with Gasteiger partial charge in [-0.15, -0.1) is 11.3 Å². The van der Waals surface area contributed by atoms with E-state index in [0.717, 1.165) is 35.3 Å². The Morgan fingerprint density at radius 2 is 2.37 bits per heavy atom. The van der Waals surface area contributed by atoms with Gasteiger partial charge in [0.1, 0.15) is 10.6 Å². The van der Waals surface area contributed by atoms with Gasteiger partial charge in [0.15, 0.2) is 12.1 Å². The Bertz CT molecular complexity index is 599. The molecule has 0 radical (unpaired) electrons. The van der Waals surface area contributed by atoms with E-state index >= 15 is 0 Å². The quantitative estimate of drug-likeness (QED) is 0.870. The normalized spacial score (nSPS) is 22.8. The largest absolute Gasteiger partial charge is 0.381 e. The van der Waals surface area contributed by atoms with E-state index in [0.29, 0.717) is 18.4 Å². The molecule has 1 aliphatic carbocycles. The number of carbonyl (C=O) groups is 1. The van der Waals surface area contributed by atoms with Crippen LogP contribution in [0.4, 0.5) is 5.82 Å². The van der Waals surface area contributed by atoms with Gasteiger partial charge in [0.25, 0.3) is 0 Å². The lowest BCUT2D eigenvalue weighted by Crippen LogP contribution is -2.18. The zero-order chi connectivity index (χ0) is 13.2. The Morgan fingerprint density at radius 3 is 3.11 bits per heavy atom. The van der Waals surface area contributed by atoms with Gasteiger partial charge in [-0.05, 0) is 30.7 Å². The first-order valence-corrected chi connectivity index (χ1v) is 7.18. The van der Waals surface area contributed by atoms with Crippen molar-refractivity contribution in [2.24, 2.45) is 0 Å². The number of ether oxygens (including phenoxy) is 1. The molecule has 0 amide bonds. The summed E-state index contributed by atoms with van der Waals surface area (Å²) < 4.78 is 5.37. The highest BCUT2D eigenvalue weighted by molar-refractivity contribution is 7.16. The van der Waals surface area contributed by atoms with E-state index in [1.807, 2.05) is 11.4 Å². The van der Waals surface area contributed by atoms with Gasteiger partial charge in [-0.2, -0.15) is 0 Å². The van der Waals surface area contributed by atoms with Gasteiger partial charge >= 0.3 is 0 Å². The van der Waals surface area contributed by atoms with Crippen molar-refractivity contribution in [3.8, 4) is 0 Å². The lowest BCUT2D eigenvalue weighted by Gasteiger charge is -2.14. The average molecular weight is 277 g/mol. The molecule has 1 aliphatic rings. The van der Waals surface area contributed by atoms with E-state index in [9.17, 15) is 4.79 Å². The van der Waals surface area contributed by atoms with Crippen molar-refractivity contribution in [2.45, 2.75) is 31.4 Å². The lowest BCUT2D eigenvalue weighted by molar-refractivity contribution is 0.108. The Labute approximate surface area is 115 Å². The van der Waals surface area contributed by atoms with Gasteiger partial charge in [-0.25, -0.2) is 9.97 Å². The highest BCUT2D eigenvalue weighted by Crippen LogP contribution is 2.29. The number of hydrogen-bond donors (Lipinski definition) is 1. The summed E-state index contributed by atoms with van der Waals surface area (Å²) in [6.45, 7) is 0. The zero-order valence-corrected chi connectivity index (χ0v) is 11.4. The summed E-state index contributed by atoms with van der Waals surface area (Å²) in [6.07, 6.45) is 4.11. The Hall–Kier alpha value is -1.53. The molecule has 3 rings (SSSR count). The molecule has 2 aromatic heterocycles. The second kappa shape index (κ2) is 5.22. The molecule has 1 saturated carbocycles. The summed E-state index contributed by atoms with van der Waals surface area (Å²) in [6, 6.07) is 2.34. The summed E-state index contributed by atoms with van der Waals surface area (Å²) in [4.78, 5) is 20.2. The summed E-state index contributed by atoms with van der Waals surface area (Å²) >= 11 is 1.52. The summed E-state index contributed by atoms with van der Waals surface area (Å²) in [5.74, 6) is 0.994. The van der Waals surface area contributed by atoms with Crippen LogP contribution in [0.3, 0.4) is 0 Å². The molecule has 0 spiro atoms. The maximum atomic E-state index is 10.9. The third kappa shape index (κ3) is 2.46. The molecule has 2 unspecified atom stereocenters. The van der Waals surface area contributed by atoms with Crippen molar-refractivity contribution in [1.29, 1.82) is 0 Å². The van der Waals surface area contributed by atoms with Crippen LogP contribution < -0.4 is 5.32 Å². The molecular weight excluding hydrogens is 262 g/mol. The number of aldehydes is 1. The van der Waals surface area contributed by atoms with Crippen LogP contribution in [0.1, 0.15) is 29.9 Å². The standard InChI is InChI=1S/C13H15N3O2S/c1-18-9-3-2-8(6-9)14-12-10-4-5-19-13(10)16-11(7-17)15-12/h4-5,7-9H,2-3,6H2,1H3,(H,14,15,16). The first-order valence-electron chi connectivity index (χ1n) is 6.30. The highest BCUT2D eigenvalue weighted by atomic mass is 32.1. The minimum atomic E-state index is 0.235. The number of nitrogens with zero attached hydrogens (tertiary/aromatic N) is 2. The first-order chi connectivity index (χ1) is 9.30. The molecule has 5 nitrogen and oxygen atoms in total. The van der Waals surface area contributed by atoms with Crippen molar-refractivity contribution in [3.05, 3.63) is 17.3 Å². The number of anilines is 1. The fourth-order valence-corrected chi connectivity index (χ4v) is 3.28. The predicted molar refractivity (Wildman–Crippen MR) is 74.9 cm³/mol. The van der Waals surface area contributed by atoms with E-state index in [-0.39, 0.29) is 5.82 Å². The number of methoxy groups -OCH3 is 1. The first kappa shape index (κ1) is 12.5. The van der Waals surface area contributed by atoms with E-state index in [4.69, 9.17) is 4.74 Å². The number of nitrogens with one attached hydrogen (secondary N) is 1. The van der Waals surface area contributed by atoms with Gasteiger partial charge < -0.3 is 10.1 Å². The van der Waals surface area contributed by atoms with E-state index in [1.165, 1.54) is 11.3 Å². The molecule has 2 heterocycles. The summed E-state index contributed by atoms with van der Waals surface area (Å²) in [7, 11) is 1.75. The lowest BCUT2D eigenvalue weighted by atomic mass is 10.2. The topological polar surface area (TPSA) is 64.1 Å².